The Morgan fingerprint density at radius 2 is 2.50 bits per heavy atom. The van der Waals surface area contributed by atoms with Crippen LogP contribution in [0.15, 0.2) is 15.9 Å². The highest BCUT2D eigenvalue weighted by atomic mass is 79.9. The van der Waals surface area contributed by atoms with E-state index in [0.717, 1.165) is 30.4 Å². The average molecular weight is 304 g/mol. The molecule has 0 aromatic carbocycles. The normalized spacial score (nSPS) is 26.1. The maximum Gasteiger partial charge on any atom is 0.323 e. The number of halogens is 1. The van der Waals surface area contributed by atoms with Gasteiger partial charge in [-0.05, 0) is 48.3 Å². The molecule has 1 unspecified atom stereocenters. The molecule has 0 spiro atoms. The summed E-state index contributed by atoms with van der Waals surface area (Å²) in [4.78, 5) is 14.6. The van der Waals surface area contributed by atoms with Crippen molar-refractivity contribution in [3.05, 3.63) is 20.8 Å². The number of likely N-dealkylation sites (tertiary alicyclic amines) is 1. The monoisotopic (exact) mass is 303 g/mol. The van der Waals surface area contributed by atoms with Crippen LogP contribution in [0.3, 0.4) is 0 Å². The molecule has 0 amide bonds. The van der Waals surface area contributed by atoms with Crippen LogP contribution in [0.2, 0.25) is 0 Å². The molecule has 88 valence electrons. The quantitative estimate of drug-likeness (QED) is 0.933. The van der Waals surface area contributed by atoms with Crippen LogP contribution in [0.4, 0.5) is 0 Å². The summed E-state index contributed by atoms with van der Waals surface area (Å²) in [6, 6.07) is 2.06. The molecule has 1 aromatic rings. The van der Waals surface area contributed by atoms with Crippen LogP contribution in [-0.2, 0) is 11.3 Å². The van der Waals surface area contributed by atoms with E-state index >= 15 is 0 Å². The van der Waals surface area contributed by atoms with Crippen molar-refractivity contribution in [1.29, 1.82) is 0 Å². The summed E-state index contributed by atoms with van der Waals surface area (Å²) in [5.41, 5.74) is -0.684. The summed E-state index contributed by atoms with van der Waals surface area (Å²) in [6.07, 6.45) is 1.71. The van der Waals surface area contributed by atoms with Gasteiger partial charge in [0, 0.05) is 21.3 Å². The lowest BCUT2D eigenvalue weighted by Gasteiger charge is -2.30. The zero-order valence-electron chi connectivity index (χ0n) is 9.07. The summed E-state index contributed by atoms with van der Waals surface area (Å²) in [5.74, 6) is -0.708. The molecule has 2 rings (SSSR count). The second kappa shape index (κ2) is 4.47. The Labute approximate surface area is 107 Å². The van der Waals surface area contributed by atoms with E-state index in [4.69, 9.17) is 0 Å². The van der Waals surface area contributed by atoms with E-state index in [2.05, 4.69) is 26.9 Å². The first kappa shape index (κ1) is 12.1. The van der Waals surface area contributed by atoms with E-state index < -0.39 is 11.5 Å². The van der Waals surface area contributed by atoms with Crippen molar-refractivity contribution in [2.45, 2.75) is 31.8 Å². The number of carboxylic acid groups (broad SMARTS) is 1. The van der Waals surface area contributed by atoms with E-state index in [9.17, 15) is 9.90 Å². The van der Waals surface area contributed by atoms with Crippen LogP contribution >= 0.6 is 27.3 Å². The van der Waals surface area contributed by atoms with Crippen LogP contribution < -0.4 is 0 Å². The van der Waals surface area contributed by atoms with Crippen LogP contribution in [0.5, 0.6) is 0 Å². The van der Waals surface area contributed by atoms with Gasteiger partial charge in [-0.3, -0.25) is 9.69 Å². The van der Waals surface area contributed by atoms with E-state index in [1.54, 1.807) is 11.3 Å². The minimum absolute atomic E-state index is 0.684. The molecule has 0 aliphatic carbocycles. The minimum Gasteiger partial charge on any atom is -0.480 e. The zero-order chi connectivity index (χ0) is 11.8. The van der Waals surface area contributed by atoms with E-state index in [-0.39, 0.29) is 0 Å². The SMILES string of the molecule is CC1(C(=O)O)CCCN1Cc1cc(Br)cs1. The van der Waals surface area contributed by atoms with Crippen LogP contribution in [0.1, 0.15) is 24.6 Å². The summed E-state index contributed by atoms with van der Waals surface area (Å²) < 4.78 is 1.07. The molecule has 0 radical (unpaired) electrons. The van der Waals surface area contributed by atoms with Crippen molar-refractivity contribution < 1.29 is 9.90 Å². The van der Waals surface area contributed by atoms with Gasteiger partial charge in [0.2, 0.25) is 0 Å². The molecule has 0 bridgehead atoms. The summed E-state index contributed by atoms with van der Waals surface area (Å²) in [5, 5.41) is 11.3. The third-order valence-corrected chi connectivity index (χ3v) is 4.90. The van der Waals surface area contributed by atoms with Gasteiger partial charge >= 0.3 is 5.97 Å². The maximum atomic E-state index is 11.3. The summed E-state index contributed by atoms with van der Waals surface area (Å²) in [7, 11) is 0. The minimum atomic E-state index is -0.708. The summed E-state index contributed by atoms with van der Waals surface area (Å²) >= 11 is 5.08. The van der Waals surface area contributed by atoms with Crippen molar-refractivity contribution in [3.8, 4) is 0 Å². The second-order valence-electron chi connectivity index (χ2n) is 4.34. The molecule has 1 aromatic heterocycles. The molecule has 16 heavy (non-hydrogen) atoms. The fourth-order valence-electron chi connectivity index (χ4n) is 2.14. The molecule has 5 heteroatoms. The molecule has 1 saturated heterocycles. The lowest BCUT2D eigenvalue weighted by Crippen LogP contribution is -2.47. The lowest BCUT2D eigenvalue weighted by molar-refractivity contribution is -0.148. The van der Waals surface area contributed by atoms with Crippen LogP contribution in [0, 0.1) is 0 Å². The number of carboxylic acids is 1. The lowest BCUT2D eigenvalue weighted by atomic mass is 9.99. The van der Waals surface area contributed by atoms with Gasteiger partial charge in [0.05, 0.1) is 0 Å². The topological polar surface area (TPSA) is 40.5 Å². The molecule has 2 heterocycles. The smallest absolute Gasteiger partial charge is 0.323 e. The molecule has 1 N–H and O–H groups in total. The van der Waals surface area contributed by atoms with Gasteiger partial charge in [-0.1, -0.05) is 0 Å². The predicted octanol–water partition coefficient (Wildman–Crippen LogP) is 2.95. The Bertz CT molecular complexity index is 406. The number of nitrogens with zero attached hydrogens (tertiary/aromatic N) is 1. The van der Waals surface area contributed by atoms with Gasteiger partial charge in [-0.15, -0.1) is 11.3 Å². The molecule has 1 aliphatic rings. The largest absolute Gasteiger partial charge is 0.480 e. The number of thiophene rings is 1. The second-order valence-corrected chi connectivity index (χ2v) is 6.25. The van der Waals surface area contributed by atoms with E-state index in [1.807, 2.05) is 12.3 Å². The molecule has 1 fully saturated rings. The highest BCUT2D eigenvalue weighted by Crippen LogP contribution is 2.32. The number of hydrogen-bond acceptors (Lipinski definition) is 3. The first-order valence-electron chi connectivity index (χ1n) is 5.24. The van der Waals surface area contributed by atoms with Gasteiger partial charge in [-0.2, -0.15) is 0 Å². The zero-order valence-corrected chi connectivity index (χ0v) is 11.5. The fourth-order valence-corrected chi connectivity index (χ4v) is 3.61. The standard InChI is InChI=1S/C11H14BrNO2S/c1-11(10(14)15)3-2-4-13(11)6-9-5-8(12)7-16-9/h5,7H,2-4,6H2,1H3,(H,14,15). The highest BCUT2D eigenvalue weighted by molar-refractivity contribution is 9.10. The van der Waals surface area contributed by atoms with E-state index in [0.29, 0.717) is 0 Å². The van der Waals surface area contributed by atoms with Crippen LogP contribution in [0.25, 0.3) is 0 Å². The van der Waals surface area contributed by atoms with Crippen molar-refractivity contribution >= 4 is 33.2 Å². The molecule has 1 atom stereocenters. The highest BCUT2D eigenvalue weighted by Gasteiger charge is 2.43. The van der Waals surface area contributed by atoms with E-state index in [1.165, 1.54) is 4.88 Å². The molecule has 3 nitrogen and oxygen atoms in total. The van der Waals surface area contributed by atoms with Gasteiger partial charge in [0.1, 0.15) is 5.54 Å². The Morgan fingerprint density at radius 3 is 3.06 bits per heavy atom. The number of hydrogen-bond donors (Lipinski definition) is 1. The third-order valence-electron chi connectivity index (χ3n) is 3.22. The average Bonchev–Trinajstić information content (AvgIpc) is 2.76. The number of aliphatic carboxylic acids is 1. The first-order valence-corrected chi connectivity index (χ1v) is 6.91. The fraction of sp³-hybridized carbons (Fsp3) is 0.545. The number of rotatable bonds is 3. The van der Waals surface area contributed by atoms with Gasteiger partial charge in [0.25, 0.3) is 0 Å². The molecular weight excluding hydrogens is 290 g/mol. The molecule has 0 saturated carbocycles. The first-order chi connectivity index (χ1) is 7.52. The Morgan fingerprint density at radius 1 is 1.75 bits per heavy atom. The number of carbonyl (C=O) groups is 1. The summed E-state index contributed by atoms with van der Waals surface area (Å²) in [6.45, 7) is 3.43. The molecule has 1 aliphatic heterocycles. The maximum absolute atomic E-state index is 11.3. The van der Waals surface area contributed by atoms with Crippen molar-refractivity contribution in [2.24, 2.45) is 0 Å². The van der Waals surface area contributed by atoms with Gasteiger partial charge in [-0.25, -0.2) is 0 Å². The van der Waals surface area contributed by atoms with Gasteiger partial charge < -0.3 is 5.11 Å². The van der Waals surface area contributed by atoms with Crippen molar-refractivity contribution in [2.75, 3.05) is 6.54 Å². The van der Waals surface area contributed by atoms with Crippen molar-refractivity contribution in [1.82, 2.24) is 4.90 Å². The Balaban J connectivity index is 2.12. The Hall–Kier alpha value is -0.390. The molecular formula is C11H14BrNO2S. The third kappa shape index (κ3) is 2.17. The van der Waals surface area contributed by atoms with Crippen LogP contribution in [-0.4, -0.2) is 28.1 Å². The van der Waals surface area contributed by atoms with Gasteiger partial charge in [0.15, 0.2) is 0 Å². The Kier molecular flexibility index (Phi) is 3.37. The predicted molar refractivity (Wildman–Crippen MR) is 67.7 cm³/mol. The van der Waals surface area contributed by atoms with Crippen molar-refractivity contribution in [3.63, 3.8) is 0 Å².